The molecule has 0 saturated carbocycles. The molecule has 1 heterocycles. The average Bonchev–Trinajstić information content (AvgIpc) is 2.64. The number of nitrogens with one attached hydrogen (secondary N) is 1. The van der Waals surface area contributed by atoms with Crippen LogP contribution in [0.5, 0.6) is 5.75 Å². The van der Waals surface area contributed by atoms with Gasteiger partial charge in [-0.15, -0.1) is 0 Å². The normalized spacial score (nSPS) is 16.3. The number of nitrogens with zero attached hydrogens (tertiary/aromatic N) is 1. The SMILES string of the molecule is CSCCC(NC(=O)COc1ccccc1)C(=O)N1CCC(C)CC1. The second-order valence-corrected chi connectivity index (χ2v) is 7.50. The quantitative estimate of drug-likeness (QED) is 0.770. The van der Waals surface area contributed by atoms with E-state index in [1.54, 1.807) is 23.9 Å². The molecule has 1 aliphatic heterocycles. The molecule has 1 aromatic carbocycles. The highest BCUT2D eigenvalue weighted by molar-refractivity contribution is 7.98. The van der Waals surface area contributed by atoms with Crippen LogP contribution in [0.15, 0.2) is 30.3 Å². The Morgan fingerprint density at radius 1 is 1.28 bits per heavy atom. The summed E-state index contributed by atoms with van der Waals surface area (Å²) in [4.78, 5) is 26.9. The van der Waals surface area contributed by atoms with Gasteiger partial charge in [0.2, 0.25) is 5.91 Å². The molecule has 0 radical (unpaired) electrons. The van der Waals surface area contributed by atoms with Gasteiger partial charge in [0, 0.05) is 13.1 Å². The molecule has 0 spiro atoms. The number of benzene rings is 1. The topological polar surface area (TPSA) is 58.6 Å². The maximum atomic E-state index is 12.8. The summed E-state index contributed by atoms with van der Waals surface area (Å²) in [6, 6.07) is 8.75. The summed E-state index contributed by atoms with van der Waals surface area (Å²) in [5.41, 5.74) is 0. The Hall–Kier alpha value is -1.69. The fraction of sp³-hybridized carbons (Fsp3) is 0.579. The van der Waals surface area contributed by atoms with E-state index in [9.17, 15) is 9.59 Å². The number of thioether (sulfide) groups is 1. The van der Waals surface area contributed by atoms with Crippen molar-refractivity contribution in [2.75, 3.05) is 31.7 Å². The molecular weight excluding hydrogens is 336 g/mol. The third-order valence-electron chi connectivity index (χ3n) is 4.45. The minimum atomic E-state index is -0.465. The first-order chi connectivity index (χ1) is 12.1. The molecule has 1 aliphatic rings. The molecule has 25 heavy (non-hydrogen) atoms. The largest absolute Gasteiger partial charge is 0.484 e. The second kappa shape index (κ2) is 10.3. The van der Waals surface area contributed by atoms with Crippen molar-refractivity contribution in [3.05, 3.63) is 30.3 Å². The van der Waals surface area contributed by atoms with Crippen molar-refractivity contribution in [3.63, 3.8) is 0 Å². The standard InChI is InChI=1S/C19H28N2O3S/c1-15-8-11-21(12-9-15)19(23)17(10-13-25-2)20-18(22)14-24-16-6-4-3-5-7-16/h3-7,15,17H,8-14H2,1-2H3,(H,20,22). The summed E-state index contributed by atoms with van der Waals surface area (Å²) < 4.78 is 5.47. The number of rotatable bonds is 8. The van der Waals surface area contributed by atoms with Gasteiger partial charge < -0.3 is 15.0 Å². The van der Waals surface area contributed by atoms with E-state index in [2.05, 4.69) is 12.2 Å². The van der Waals surface area contributed by atoms with Gasteiger partial charge in [-0.05, 0) is 49.3 Å². The predicted molar refractivity (Wildman–Crippen MR) is 102 cm³/mol. The lowest BCUT2D eigenvalue weighted by molar-refractivity contribution is -0.138. The van der Waals surface area contributed by atoms with Crippen molar-refractivity contribution in [3.8, 4) is 5.75 Å². The van der Waals surface area contributed by atoms with Gasteiger partial charge in [-0.3, -0.25) is 9.59 Å². The number of carbonyl (C=O) groups excluding carboxylic acids is 2. The molecule has 1 fully saturated rings. The van der Waals surface area contributed by atoms with Crippen LogP contribution >= 0.6 is 11.8 Å². The molecular formula is C19H28N2O3S. The van der Waals surface area contributed by atoms with Gasteiger partial charge in [-0.1, -0.05) is 25.1 Å². The third-order valence-corrected chi connectivity index (χ3v) is 5.10. The van der Waals surface area contributed by atoms with Crippen LogP contribution < -0.4 is 10.1 Å². The van der Waals surface area contributed by atoms with E-state index < -0.39 is 6.04 Å². The molecule has 0 aromatic heterocycles. The first-order valence-electron chi connectivity index (χ1n) is 8.85. The van der Waals surface area contributed by atoms with E-state index in [-0.39, 0.29) is 18.4 Å². The molecule has 2 rings (SSSR count). The maximum Gasteiger partial charge on any atom is 0.258 e. The maximum absolute atomic E-state index is 12.8. The molecule has 2 amide bonds. The lowest BCUT2D eigenvalue weighted by atomic mass is 9.98. The summed E-state index contributed by atoms with van der Waals surface area (Å²) in [5.74, 6) is 1.93. The van der Waals surface area contributed by atoms with E-state index in [1.165, 1.54) is 0 Å². The average molecular weight is 365 g/mol. The number of likely N-dealkylation sites (tertiary alicyclic amines) is 1. The van der Waals surface area contributed by atoms with Gasteiger partial charge in [-0.2, -0.15) is 11.8 Å². The summed E-state index contributed by atoms with van der Waals surface area (Å²) in [6.07, 6.45) is 4.71. The van der Waals surface area contributed by atoms with Crippen LogP contribution in [-0.4, -0.2) is 54.5 Å². The van der Waals surface area contributed by atoms with E-state index >= 15 is 0 Å². The van der Waals surface area contributed by atoms with Crippen molar-refractivity contribution in [1.29, 1.82) is 0 Å². The van der Waals surface area contributed by atoms with Crippen molar-refractivity contribution in [1.82, 2.24) is 10.2 Å². The Labute approximate surface area is 154 Å². The van der Waals surface area contributed by atoms with Crippen LogP contribution in [0.1, 0.15) is 26.2 Å². The zero-order chi connectivity index (χ0) is 18.1. The van der Waals surface area contributed by atoms with Gasteiger partial charge in [0.15, 0.2) is 6.61 Å². The van der Waals surface area contributed by atoms with E-state index in [0.29, 0.717) is 18.1 Å². The van der Waals surface area contributed by atoms with Crippen molar-refractivity contribution < 1.29 is 14.3 Å². The van der Waals surface area contributed by atoms with Crippen molar-refractivity contribution >= 4 is 23.6 Å². The second-order valence-electron chi connectivity index (χ2n) is 6.51. The fourth-order valence-corrected chi connectivity index (χ4v) is 3.32. The van der Waals surface area contributed by atoms with Gasteiger partial charge in [0.1, 0.15) is 11.8 Å². The number of ether oxygens (including phenoxy) is 1. The number of hydrogen-bond acceptors (Lipinski definition) is 4. The lowest BCUT2D eigenvalue weighted by Gasteiger charge is -2.33. The lowest BCUT2D eigenvalue weighted by Crippen LogP contribution is -2.51. The Kier molecular flexibility index (Phi) is 8.12. The first kappa shape index (κ1) is 19.6. The molecule has 1 unspecified atom stereocenters. The Morgan fingerprint density at radius 3 is 2.60 bits per heavy atom. The Morgan fingerprint density at radius 2 is 1.96 bits per heavy atom. The third kappa shape index (κ3) is 6.61. The van der Waals surface area contributed by atoms with E-state index in [4.69, 9.17) is 4.74 Å². The highest BCUT2D eigenvalue weighted by Gasteiger charge is 2.28. The Balaban J connectivity index is 1.87. The number of para-hydroxylation sites is 1. The van der Waals surface area contributed by atoms with Gasteiger partial charge >= 0.3 is 0 Å². The minimum Gasteiger partial charge on any atom is -0.484 e. The fourth-order valence-electron chi connectivity index (χ4n) is 2.84. The molecule has 0 aliphatic carbocycles. The highest BCUT2D eigenvalue weighted by atomic mass is 32.2. The number of hydrogen-bond donors (Lipinski definition) is 1. The summed E-state index contributed by atoms with van der Waals surface area (Å²) in [6.45, 7) is 3.71. The summed E-state index contributed by atoms with van der Waals surface area (Å²) >= 11 is 1.68. The molecule has 5 nitrogen and oxygen atoms in total. The molecule has 0 bridgehead atoms. The number of amides is 2. The monoisotopic (exact) mass is 364 g/mol. The first-order valence-corrected chi connectivity index (χ1v) is 10.2. The summed E-state index contributed by atoms with van der Waals surface area (Å²) in [5, 5.41) is 2.86. The highest BCUT2D eigenvalue weighted by Crippen LogP contribution is 2.17. The van der Waals surface area contributed by atoms with Crippen LogP contribution in [0.3, 0.4) is 0 Å². The molecule has 1 N–H and O–H groups in total. The molecule has 1 aromatic rings. The van der Waals surface area contributed by atoms with Crippen molar-refractivity contribution in [2.24, 2.45) is 5.92 Å². The molecule has 1 atom stereocenters. The molecule has 6 heteroatoms. The van der Waals surface area contributed by atoms with Gasteiger partial charge in [-0.25, -0.2) is 0 Å². The summed E-state index contributed by atoms with van der Waals surface area (Å²) in [7, 11) is 0. The van der Waals surface area contributed by atoms with Crippen LogP contribution in [0.25, 0.3) is 0 Å². The van der Waals surface area contributed by atoms with Crippen LogP contribution in [0.2, 0.25) is 0 Å². The van der Waals surface area contributed by atoms with Gasteiger partial charge in [0.05, 0.1) is 0 Å². The molecule has 1 saturated heterocycles. The van der Waals surface area contributed by atoms with Crippen LogP contribution in [0, 0.1) is 5.92 Å². The zero-order valence-electron chi connectivity index (χ0n) is 15.1. The number of carbonyl (C=O) groups is 2. The number of piperidine rings is 1. The smallest absolute Gasteiger partial charge is 0.258 e. The van der Waals surface area contributed by atoms with E-state index in [1.807, 2.05) is 29.4 Å². The van der Waals surface area contributed by atoms with E-state index in [0.717, 1.165) is 31.7 Å². The zero-order valence-corrected chi connectivity index (χ0v) is 15.9. The molecule has 138 valence electrons. The van der Waals surface area contributed by atoms with Crippen LogP contribution in [-0.2, 0) is 9.59 Å². The minimum absolute atomic E-state index is 0.0361. The van der Waals surface area contributed by atoms with Crippen LogP contribution in [0.4, 0.5) is 0 Å². The Bertz CT molecular complexity index is 545. The predicted octanol–water partition coefficient (Wildman–Crippen LogP) is 2.56. The van der Waals surface area contributed by atoms with Gasteiger partial charge in [0.25, 0.3) is 5.91 Å². The van der Waals surface area contributed by atoms with Crippen molar-refractivity contribution in [2.45, 2.75) is 32.2 Å².